The summed E-state index contributed by atoms with van der Waals surface area (Å²) in [5, 5.41) is 20.9. The van der Waals surface area contributed by atoms with Crippen LogP contribution in [0.5, 0.6) is 0 Å². The number of nitrogens with one attached hydrogen (secondary N) is 1. The molecule has 0 amide bonds. The van der Waals surface area contributed by atoms with Gasteiger partial charge in [0.15, 0.2) is 4.90 Å². The highest BCUT2D eigenvalue weighted by molar-refractivity contribution is 7.99. The number of hydrogen-bond donors (Lipinski definition) is 2. The minimum Gasteiger partial charge on any atom is -0.478 e. The Labute approximate surface area is 171 Å². The summed E-state index contributed by atoms with van der Waals surface area (Å²) in [4.78, 5) is 23.8. The SMILES string of the molecule is Cc1cccc([N+](=O)[O-])c1S(=O)(=O)Nc1ccc(N2CCSCC2)c(C(=O)O)c1. The van der Waals surface area contributed by atoms with Gasteiger partial charge in [-0.2, -0.15) is 11.8 Å². The van der Waals surface area contributed by atoms with Gasteiger partial charge in [-0.15, -0.1) is 0 Å². The zero-order chi connectivity index (χ0) is 21.2. The van der Waals surface area contributed by atoms with Crippen molar-refractivity contribution in [3.63, 3.8) is 0 Å². The van der Waals surface area contributed by atoms with Gasteiger partial charge in [-0.05, 0) is 30.7 Å². The second-order valence-corrected chi connectivity index (χ2v) is 9.27. The van der Waals surface area contributed by atoms with E-state index in [2.05, 4.69) is 4.72 Å². The number of hydrogen-bond acceptors (Lipinski definition) is 7. The maximum Gasteiger partial charge on any atom is 0.337 e. The van der Waals surface area contributed by atoms with Crippen LogP contribution in [0.15, 0.2) is 41.3 Å². The van der Waals surface area contributed by atoms with Crippen LogP contribution in [0.25, 0.3) is 0 Å². The number of nitro groups is 1. The van der Waals surface area contributed by atoms with Crippen LogP contribution in [-0.4, -0.2) is 49.0 Å². The van der Waals surface area contributed by atoms with E-state index in [4.69, 9.17) is 0 Å². The smallest absolute Gasteiger partial charge is 0.337 e. The molecule has 1 heterocycles. The number of rotatable bonds is 6. The predicted molar refractivity (Wildman–Crippen MR) is 112 cm³/mol. The Hall–Kier alpha value is -2.79. The topological polar surface area (TPSA) is 130 Å². The van der Waals surface area contributed by atoms with Gasteiger partial charge in [-0.3, -0.25) is 14.8 Å². The summed E-state index contributed by atoms with van der Waals surface area (Å²) in [6.07, 6.45) is 0. The Morgan fingerprint density at radius 2 is 1.93 bits per heavy atom. The molecule has 9 nitrogen and oxygen atoms in total. The summed E-state index contributed by atoms with van der Waals surface area (Å²) < 4.78 is 28.0. The minimum absolute atomic E-state index is 0.0232. The Morgan fingerprint density at radius 1 is 1.24 bits per heavy atom. The summed E-state index contributed by atoms with van der Waals surface area (Å²) in [5.74, 6) is 0.579. The van der Waals surface area contributed by atoms with Crippen LogP contribution in [0, 0.1) is 17.0 Å². The van der Waals surface area contributed by atoms with Crippen LogP contribution in [-0.2, 0) is 10.0 Å². The van der Waals surface area contributed by atoms with Crippen LogP contribution >= 0.6 is 11.8 Å². The molecular weight excluding hydrogens is 418 g/mol. The fourth-order valence-electron chi connectivity index (χ4n) is 3.19. The van der Waals surface area contributed by atoms with Crippen molar-refractivity contribution < 1.29 is 23.2 Å². The molecule has 2 aromatic rings. The van der Waals surface area contributed by atoms with E-state index in [-0.39, 0.29) is 16.8 Å². The van der Waals surface area contributed by atoms with Gasteiger partial charge in [0.2, 0.25) is 0 Å². The molecule has 1 saturated heterocycles. The van der Waals surface area contributed by atoms with E-state index < -0.39 is 31.5 Å². The number of carboxylic acids is 1. The molecule has 0 aromatic heterocycles. The highest BCUT2D eigenvalue weighted by Gasteiger charge is 2.28. The first-order valence-corrected chi connectivity index (χ1v) is 11.3. The molecule has 29 heavy (non-hydrogen) atoms. The number of nitrogens with zero attached hydrogens (tertiary/aromatic N) is 2. The number of nitro benzene ring substituents is 1. The van der Waals surface area contributed by atoms with E-state index in [1.807, 2.05) is 4.90 Å². The van der Waals surface area contributed by atoms with Gasteiger partial charge in [0.1, 0.15) is 0 Å². The monoisotopic (exact) mass is 437 g/mol. The minimum atomic E-state index is -4.30. The third-order valence-corrected chi connectivity index (χ3v) is 7.00. The zero-order valence-corrected chi connectivity index (χ0v) is 17.1. The Kier molecular flexibility index (Phi) is 5.99. The quantitative estimate of drug-likeness (QED) is 0.521. The van der Waals surface area contributed by atoms with Gasteiger partial charge >= 0.3 is 5.97 Å². The third-order valence-electron chi connectivity index (χ3n) is 4.49. The van der Waals surface area contributed by atoms with Gasteiger partial charge < -0.3 is 10.0 Å². The maximum absolute atomic E-state index is 12.8. The van der Waals surface area contributed by atoms with Crippen molar-refractivity contribution in [3.8, 4) is 0 Å². The van der Waals surface area contributed by atoms with Crippen molar-refractivity contribution in [3.05, 3.63) is 57.6 Å². The number of benzene rings is 2. The van der Waals surface area contributed by atoms with Crippen molar-refractivity contribution in [2.45, 2.75) is 11.8 Å². The largest absolute Gasteiger partial charge is 0.478 e. The lowest BCUT2D eigenvalue weighted by atomic mass is 10.1. The van der Waals surface area contributed by atoms with E-state index in [1.165, 1.54) is 31.2 Å². The molecule has 1 aliphatic rings. The van der Waals surface area contributed by atoms with Crippen LogP contribution in [0.2, 0.25) is 0 Å². The molecule has 0 unspecified atom stereocenters. The van der Waals surface area contributed by atoms with E-state index >= 15 is 0 Å². The van der Waals surface area contributed by atoms with Crippen LogP contribution < -0.4 is 9.62 Å². The van der Waals surface area contributed by atoms with Crippen molar-refractivity contribution in [1.29, 1.82) is 0 Å². The predicted octanol–water partition coefficient (Wildman–Crippen LogP) is 2.96. The lowest BCUT2D eigenvalue weighted by Crippen LogP contribution is -2.33. The van der Waals surface area contributed by atoms with Crippen molar-refractivity contribution in [2.24, 2.45) is 0 Å². The molecule has 0 radical (unpaired) electrons. The molecule has 3 rings (SSSR count). The van der Waals surface area contributed by atoms with Gasteiger partial charge in [0, 0.05) is 36.3 Å². The van der Waals surface area contributed by atoms with Crippen LogP contribution in [0.4, 0.5) is 17.1 Å². The molecule has 11 heteroatoms. The zero-order valence-electron chi connectivity index (χ0n) is 15.5. The standard InChI is InChI=1S/C18H19N3O6S2/c1-12-3-2-4-16(21(24)25)17(12)29(26,27)19-13-5-6-15(14(11-13)18(22)23)20-7-9-28-10-8-20/h2-6,11,19H,7-10H2,1H3,(H,22,23). The number of carbonyl (C=O) groups is 1. The van der Waals surface area contributed by atoms with Gasteiger partial charge in [-0.1, -0.05) is 12.1 Å². The molecule has 0 saturated carbocycles. The Bertz CT molecular complexity index is 1070. The molecule has 1 fully saturated rings. The van der Waals surface area contributed by atoms with Crippen molar-refractivity contribution >= 4 is 44.8 Å². The summed E-state index contributed by atoms with van der Waals surface area (Å²) >= 11 is 1.79. The fourth-order valence-corrected chi connectivity index (χ4v) is 5.54. The maximum atomic E-state index is 12.8. The van der Waals surface area contributed by atoms with Crippen molar-refractivity contribution in [1.82, 2.24) is 0 Å². The molecule has 2 aromatic carbocycles. The first-order chi connectivity index (χ1) is 13.7. The first-order valence-electron chi connectivity index (χ1n) is 8.67. The highest BCUT2D eigenvalue weighted by Crippen LogP contribution is 2.31. The lowest BCUT2D eigenvalue weighted by molar-refractivity contribution is -0.387. The summed E-state index contributed by atoms with van der Waals surface area (Å²) in [5.41, 5.74) is 0.181. The second-order valence-electron chi connectivity index (χ2n) is 6.42. The number of anilines is 2. The molecule has 0 bridgehead atoms. The van der Waals surface area contributed by atoms with E-state index in [0.29, 0.717) is 18.8 Å². The normalized spacial score (nSPS) is 14.4. The molecule has 0 spiro atoms. The number of carboxylic acid groups (broad SMARTS) is 1. The van der Waals surface area contributed by atoms with Crippen molar-refractivity contribution in [2.75, 3.05) is 34.2 Å². The third kappa shape index (κ3) is 4.46. The summed E-state index contributed by atoms with van der Waals surface area (Å²) in [7, 11) is -4.30. The molecule has 0 atom stereocenters. The molecule has 154 valence electrons. The number of aryl methyl sites for hydroxylation is 1. The fraction of sp³-hybridized carbons (Fsp3) is 0.278. The molecular formula is C18H19N3O6S2. The summed E-state index contributed by atoms with van der Waals surface area (Å²) in [6.45, 7) is 2.86. The number of aromatic carboxylic acids is 1. The highest BCUT2D eigenvalue weighted by atomic mass is 32.2. The first kappa shape index (κ1) is 20.9. The molecule has 0 aliphatic carbocycles. The van der Waals surface area contributed by atoms with E-state index in [9.17, 15) is 28.4 Å². The molecule has 2 N–H and O–H groups in total. The average Bonchev–Trinajstić information content (AvgIpc) is 2.67. The van der Waals surface area contributed by atoms with Gasteiger partial charge in [-0.25, -0.2) is 13.2 Å². The summed E-state index contributed by atoms with van der Waals surface area (Å²) in [6, 6.07) is 8.24. The van der Waals surface area contributed by atoms with Gasteiger partial charge in [0.05, 0.1) is 16.2 Å². The Morgan fingerprint density at radius 3 is 2.55 bits per heavy atom. The second kappa shape index (κ2) is 8.29. The van der Waals surface area contributed by atoms with E-state index in [0.717, 1.165) is 17.6 Å². The lowest BCUT2D eigenvalue weighted by Gasteiger charge is -2.29. The molecule has 1 aliphatic heterocycles. The number of sulfonamides is 1. The van der Waals surface area contributed by atoms with E-state index in [1.54, 1.807) is 17.8 Å². The van der Waals surface area contributed by atoms with Crippen LogP contribution in [0.3, 0.4) is 0 Å². The number of thioether (sulfide) groups is 1. The Balaban J connectivity index is 1.99. The van der Waals surface area contributed by atoms with Crippen LogP contribution in [0.1, 0.15) is 15.9 Å². The average molecular weight is 437 g/mol. The van der Waals surface area contributed by atoms with Gasteiger partial charge in [0.25, 0.3) is 15.7 Å².